The number of nitrogens with zero attached hydrogens (tertiary/aromatic N) is 1. The molecule has 1 aromatic heterocycles. The van der Waals surface area contributed by atoms with E-state index in [4.69, 9.17) is 9.47 Å². The van der Waals surface area contributed by atoms with Crippen molar-refractivity contribution >= 4 is 10.9 Å². The summed E-state index contributed by atoms with van der Waals surface area (Å²) in [5.41, 5.74) is 3.32. The van der Waals surface area contributed by atoms with Crippen molar-refractivity contribution in [3.63, 3.8) is 0 Å². The third-order valence-corrected chi connectivity index (χ3v) is 3.99. The van der Waals surface area contributed by atoms with Crippen LogP contribution in [-0.2, 0) is 0 Å². The summed E-state index contributed by atoms with van der Waals surface area (Å²) >= 11 is 0. The zero-order valence-corrected chi connectivity index (χ0v) is 14.5. The van der Waals surface area contributed by atoms with E-state index in [-0.39, 0.29) is 0 Å². The number of hydrogen-bond acceptors (Lipinski definition) is 3. The number of fused-ring (bicyclic) bond motifs is 1. The van der Waals surface area contributed by atoms with Gasteiger partial charge in [-0.1, -0.05) is 44.2 Å². The first-order valence-electron chi connectivity index (χ1n) is 8.35. The molecule has 0 aliphatic rings. The SMILES string of the molecule is Cc1ccc(C(C)C)c(OCCOc2cccc3cccnc23)c1. The Morgan fingerprint density at radius 3 is 2.46 bits per heavy atom. The van der Waals surface area contributed by atoms with Gasteiger partial charge in [0.15, 0.2) is 0 Å². The predicted molar refractivity (Wildman–Crippen MR) is 98.0 cm³/mol. The van der Waals surface area contributed by atoms with E-state index in [1.807, 2.05) is 30.3 Å². The standard InChI is InChI=1S/C21H23NO2/c1-15(2)18-10-9-16(3)14-20(18)24-13-12-23-19-8-4-6-17-7-5-11-22-21(17)19/h4-11,14-15H,12-13H2,1-3H3. The molecule has 24 heavy (non-hydrogen) atoms. The lowest BCUT2D eigenvalue weighted by atomic mass is 10.0. The minimum atomic E-state index is 0.434. The molecule has 124 valence electrons. The topological polar surface area (TPSA) is 31.4 Å². The van der Waals surface area contributed by atoms with E-state index >= 15 is 0 Å². The fourth-order valence-corrected chi connectivity index (χ4v) is 2.74. The van der Waals surface area contributed by atoms with Crippen LogP contribution in [0.3, 0.4) is 0 Å². The molecule has 0 unspecified atom stereocenters. The Morgan fingerprint density at radius 2 is 1.67 bits per heavy atom. The molecule has 2 aromatic carbocycles. The van der Waals surface area contributed by atoms with Crippen molar-refractivity contribution < 1.29 is 9.47 Å². The number of ether oxygens (including phenoxy) is 2. The quantitative estimate of drug-likeness (QED) is 0.590. The van der Waals surface area contributed by atoms with E-state index in [1.165, 1.54) is 11.1 Å². The van der Waals surface area contributed by atoms with Crippen molar-refractivity contribution in [2.75, 3.05) is 13.2 Å². The van der Waals surface area contributed by atoms with Gasteiger partial charge in [0.25, 0.3) is 0 Å². The summed E-state index contributed by atoms with van der Waals surface area (Å²) in [6.45, 7) is 7.43. The van der Waals surface area contributed by atoms with Gasteiger partial charge in [-0.25, -0.2) is 0 Å². The Bertz CT molecular complexity index is 822. The number of aromatic nitrogens is 1. The first-order chi connectivity index (χ1) is 11.6. The lowest BCUT2D eigenvalue weighted by molar-refractivity contribution is 0.217. The molecule has 0 aliphatic carbocycles. The Morgan fingerprint density at radius 1 is 0.917 bits per heavy atom. The first-order valence-corrected chi connectivity index (χ1v) is 8.35. The van der Waals surface area contributed by atoms with Crippen molar-refractivity contribution in [3.8, 4) is 11.5 Å². The maximum atomic E-state index is 5.97. The van der Waals surface area contributed by atoms with E-state index in [9.17, 15) is 0 Å². The van der Waals surface area contributed by atoms with Gasteiger partial charge < -0.3 is 9.47 Å². The van der Waals surface area contributed by atoms with Crippen molar-refractivity contribution in [2.45, 2.75) is 26.7 Å². The van der Waals surface area contributed by atoms with E-state index in [2.05, 4.69) is 44.0 Å². The van der Waals surface area contributed by atoms with Gasteiger partial charge in [0.2, 0.25) is 0 Å². The highest BCUT2D eigenvalue weighted by Crippen LogP contribution is 2.27. The second-order valence-corrected chi connectivity index (χ2v) is 6.22. The number of aryl methyl sites for hydroxylation is 1. The highest BCUT2D eigenvalue weighted by Gasteiger charge is 2.08. The van der Waals surface area contributed by atoms with Gasteiger partial charge in [-0.15, -0.1) is 0 Å². The predicted octanol–water partition coefficient (Wildman–Crippen LogP) is 5.12. The fraction of sp³-hybridized carbons (Fsp3) is 0.286. The van der Waals surface area contributed by atoms with Crippen molar-refractivity contribution in [1.82, 2.24) is 4.98 Å². The maximum absolute atomic E-state index is 5.97. The lowest BCUT2D eigenvalue weighted by Crippen LogP contribution is -2.10. The van der Waals surface area contributed by atoms with Crippen LogP contribution in [0.1, 0.15) is 30.9 Å². The summed E-state index contributed by atoms with van der Waals surface area (Å²) in [5.74, 6) is 2.18. The van der Waals surface area contributed by atoms with Gasteiger partial charge in [0, 0.05) is 11.6 Å². The molecule has 0 spiro atoms. The van der Waals surface area contributed by atoms with Gasteiger partial charge in [0.1, 0.15) is 30.2 Å². The first kappa shape index (κ1) is 16.3. The largest absolute Gasteiger partial charge is 0.490 e. The van der Waals surface area contributed by atoms with Crippen LogP contribution in [-0.4, -0.2) is 18.2 Å². The molecule has 1 heterocycles. The van der Waals surface area contributed by atoms with E-state index in [0.29, 0.717) is 19.1 Å². The average molecular weight is 321 g/mol. The minimum Gasteiger partial charge on any atom is -0.490 e. The van der Waals surface area contributed by atoms with E-state index in [0.717, 1.165) is 22.4 Å². The fourth-order valence-electron chi connectivity index (χ4n) is 2.74. The highest BCUT2D eigenvalue weighted by molar-refractivity contribution is 5.84. The molecule has 3 rings (SSSR count). The smallest absolute Gasteiger partial charge is 0.145 e. The number of pyridine rings is 1. The van der Waals surface area contributed by atoms with E-state index in [1.54, 1.807) is 6.20 Å². The van der Waals surface area contributed by atoms with Crippen LogP contribution < -0.4 is 9.47 Å². The Balaban J connectivity index is 1.64. The summed E-state index contributed by atoms with van der Waals surface area (Å²) in [4.78, 5) is 4.40. The summed E-state index contributed by atoms with van der Waals surface area (Å²) in [7, 11) is 0. The number of benzene rings is 2. The monoisotopic (exact) mass is 321 g/mol. The lowest BCUT2D eigenvalue weighted by Gasteiger charge is -2.15. The molecular formula is C21H23NO2. The van der Waals surface area contributed by atoms with Crippen LogP contribution in [0.15, 0.2) is 54.7 Å². The second kappa shape index (κ2) is 7.35. The Kier molecular flexibility index (Phi) is 4.99. The molecule has 3 heteroatoms. The second-order valence-electron chi connectivity index (χ2n) is 6.22. The molecule has 0 bridgehead atoms. The average Bonchev–Trinajstić information content (AvgIpc) is 2.58. The van der Waals surface area contributed by atoms with E-state index < -0.39 is 0 Å². The summed E-state index contributed by atoms with van der Waals surface area (Å²) in [6.07, 6.45) is 1.79. The molecular weight excluding hydrogens is 298 g/mol. The number of para-hydroxylation sites is 1. The number of rotatable bonds is 6. The van der Waals surface area contributed by atoms with Gasteiger partial charge in [-0.05, 0) is 42.2 Å². The molecule has 0 fully saturated rings. The van der Waals surface area contributed by atoms with Crippen molar-refractivity contribution in [3.05, 3.63) is 65.9 Å². The minimum absolute atomic E-state index is 0.434. The summed E-state index contributed by atoms with van der Waals surface area (Å²) < 4.78 is 11.9. The molecule has 0 saturated carbocycles. The van der Waals surface area contributed by atoms with Crippen molar-refractivity contribution in [2.24, 2.45) is 0 Å². The van der Waals surface area contributed by atoms with Gasteiger partial charge in [-0.2, -0.15) is 0 Å². The third-order valence-electron chi connectivity index (χ3n) is 3.99. The molecule has 0 atom stereocenters. The molecule has 0 radical (unpaired) electrons. The third kappa shape index (κ3) is 3.67. The van der Waals surface area contributed by atoms with Crippen LogP contribution >= 0.6 is 0 Å². The zero-order chi connectivity index (χ0) is 16.9. The van der Waals surface area contributed by atoms with Crippen LogP contribution in [0.25, 0.3) is 10.9 Å². The van der Waals surface area contributed by atoms with Crippen LogP contribution in [0.5, 0.6) is 11.5 Å². The number of hydrogen-bond donors (Lipinski definition) is 0. The summed E-state index contributed by atoms with van der Waals surface area (Å²) in [6, 6.07) is 16.3. The van der Waals surface area contributed by atoms with Gasteiger partial charge in [0.05, 0.1) is 0 Å². The molecule has 0 amide bonds. The molecule has 0 N–H and O–H groups in total. The van der Waals surface area contributed by atoms with Crippen molar-refractivity contribution in [1.29, 1.82) is 0 Å². The molecule has 3 aromatic rings. The zero-order valence-electron chi connectivity index (χ0n) is 14.5. The van der Waals surface area contributed by atoms with Crippen LogP contribution in [0, 0.1) is 6.92 Å². The normalized spacial score (nSPS) is 11.0. The van der Waals surface area contributed by atoms with Gasteiger partial charge >= 0.3 is 0 Å². The van der Waals surface area contributed by atoms with Crippen LogP contribution in [0.4, 0.5) is 0 Å². The molecule has 0 aliphatic heterocycles. The highest BCUT2D eigenvalue weighted by atomic mass is 16.5. The summed E-state index contributed by atoms with van der Waals surface area (Å²) in [5, 5.41) is 1.08. The maximum Gasteiger partial charge on any atom is 0.145 e. The molecule has 0 saturated heterocycles. The Labute approximate surface area is 143 Å². The van der Waals surface area contributed by atoms with Crippen LogP contribution in [0.2, 0.25) is 0 Å². The molecule has 3 nitrogen and oxygen atoms in total. The van der Waals surface area contributed by atoms with Gasteiger partial charge in [-0.3, -0.25) is 4.98 Å². The Hall–Kier alpha value is -2.55.